The van der Waals surface area contributed by atoms with E-state index in [4.69, 9.17) is 9.90 Å². The third-order valence-corrected chi connectivity index (χ3v) is 7.03. The predicted molar refractivity (Wildman–Crippen MR) is 109 cm³/mol. The quantitative estimate of drug-likeness (QED) is 0.681. The Balaban J connectivity index is 0.000000360. The molecule has 0 aromatic carbocycles. The summed E-state index contributed by atoms with van der Waals surface area (Å²) < 4.78 is 57.5. The van der Waals surface area contributed by atoms with E-state index in [1.165, 1.54) is 21.9 Å². The summed E-state index contributed by atoms with van der Waals surface area (Å²) in [6, 6.07) is 3.53. The van der Waals surface area contributed by atoms with Gasteiger partial charge in [0.2, 0.25) is 10.0 Å². The zero-order valence-electron chi connectivity index (χ0n) is 17.0. The molecule has 174 valence electrons. The number of alkyl halides is 3. The number of aliphatic carboxylic acids is 1. The lowest BCUT2D eigenvalue weighted by atomic mass is 9.85. The molecule has 0 bridgehead atoms. The van der Waals surface area contributed by atoms with Crippen molar-refractivity contribution < 1.29 is 36.3 Å². The van der Waals surface area contributed by atoms with E-state index >= 15 is 0 Å². The standard InChI is InChI=1S/C16H18N4O3S2.C2HF3O2/c1-11-18-12(8-24-11)15(21)19-7-5-16(9-19)10-20(25(2,22)23)13-4-3-6-17-14(13)16;3-2(4,5)1(6)7/h3-4,6,8H,5,7,9-10H2,1-2H3;(H,6,7). The number of carbonyl (C=O) groups excluding carboxylic acids is 1. The Morgan fingerprint density at radius 1 is 1.28 bits per heavy atom. The van der Waals surface area contributed by atoms with Crippen molar-refractivity contribution >= 4 is 38.9 Å². The molecular formula is C18H19F3N4O5S2. The number of hydrogen-bond acceptors (Lipinski definition) is 7. The number of sulfonamides is 1. The van der Waals surface area contributed by atoms with Gasteiger partial charge in [-0.1, -0.05) is 0 Å². The van der Waals surface area contributed by atoms with Gasteiger partial charge in [-0.25, -0.2) is 18.2 Å². The van der Waals surface area contributed by atoms with Crippen molar-refractivity contribution in [2.24, 2.45) is 0 Å². The molecular weight excluding hydrogens is 473 g/mol. The van der Waals surface area contributed by atoms with Crippen molar-refractivity contribution in [3.8, 4) is 0 Å². The minimum atomic E-state index is -5.08. The number of thiazole rings is 1. The summed E-state index contributed by atoms with van der Waals surface area (Å²) in [5.41, 5.74) is 1.41. The van der Waals surface area contributed by atoms with Crippen LogP contribution in [0, 0.1) is 6.92 Å². The van der Waals surface area contributed by atoms with Gasteiger partial charge in [0.25, 0.3) is 5.91 Å². The number of pyridine rings is 1. The molecule has 1 saturated heterocycles. The maximum Gasteiger partial charge on any atom is 0.490 e. The number of rotatable bonds is 2. The number of halogens is 3. The predicted octanol–water partition coefficient (Wildman–Crippen LogP) is 2.04. The first kappa shape index (κ1) is 23.9. The van der Waals surface area contributed by atoms with Crippen molar-refractivity contribution in [2.75, 3.05) is 30.2 Å². The molecule has 0 radical (unpaired) electrons. The number of aromatic nitrogens is 2. The molecule has 2 aliphatic rings. The number of anilines is 1. The van der Waals surface area contributed by atoms with Gasteiger partial charge in [-0.3, -0.25) is 14.1 Å². The number of carboxylic acids is 1. The normalized spacial score (nSPS) is 20.2. The third kappa shape index (κ3) is 4.70. The number of fused-ring (bicyclic) bond motifs is 2. The van der Waals surface area contributed by atoms with E-state index in [2.05, 4.69) is 9.97 Å². The third-order valence-electron chi connectivity index (χ3n) is 5.13. The highest BCUT2D eigenvalue weighted by Crippen LogP contribution is 2.46. The first-order valence-electron chi connectivity index (χ1n) is 9.19. The first-order valence-corrected chi connectivity index (χ1v) is 11.9. The van der Waals surface area contributed by atoms with Crippen molar-refractivity contribution in [3.63, 3.8) is 0 Å². The molecule has 1 N–H and O–H groups in total. The lowest BCUT2D eigenvalue weighted by Crippen LogP contribution is -2.40. The molecule has 32 heavy (non-hydrogen) atoms. The van der Waals surface area contributed by atoms with Crippen LogP contribution < -0.4 is 4.31 Å². The Morgan fingerprint density at radius 2 is 1.94 bits per heavy atom. The molecule has 4 rings (SSSR count). The van der Waals surface area contributed by atoms with Crippen LogP contribution in [-0.2, 0) is 20.2 Å². The number of amides is 1. The van der Waals surface area contributed by atoms with Gasteiger partial charge in [0.15, 0.2) is 0 Å². The van der Waals surface area contributed by atoms with Crippen LogP contribution in [-0.4, -0.2) is 72.3 Å². The van der Waals surface area contributed by atoms with Crippen LogP contribution in [0.3, 0.4) is 0 Å². The summed E-state index contributed by atoms with van der Waals surface area (Å²) in [5.74, 6) is -2.86. The fraction of sp³-hybridized carbons (Fsp3) is 0.444. The Morgan fingerprint density at radius 3 is 2.47 bits per heavy atom. The monoisotopic (exact) mass is 492 g/mol. The largest absolute Gasteiger partial charge is 0.490 e. The van der Waals surface area contributed by atoms with Gasteiger partial charge in [-0.15, -0.1) is 11.3 Å². The zero-order valence-corrected chi connectivity index (χ0v) is 18.6. The fourth-order valence-electron chi connectivity index (χ4n) is 3.73. The molecule has 2 aliphatic heterocycles. The van der Waals surface area contributed by atoms with E-state index in [0.717, 1.165) is 10.7 Å². The zero-order chi connectivity index (χ0) is 23.9. The highest BCUT2D eigenvalue weighted by molar-refractivity contribution is 7.92. The maximum atomic E-state index is 12.7. The number of nitrogens with zero attached hydrogens (tertiary/aromatic N) is 4. The number of likely N-dealkylation sites (tertiary alicyclic amines) is 1. The molecule has 0 saturated carbocycles. The average molecular weight is 493 g/mol. The lowest BCUT2D eigenvalue weighted by molar-refractivity contribution is -0.192. The summed E-state index contributed by atoms with van der Waals surface area (Å²) >= 11 is 1.45. The summed E-state index contributed by atoms with van der Waals surface area (Å²) in [7, 11) is -3.39. The van der Waals surface area contributed by atoms with Gasteiger partial charge in [0.1, 0.15) is 5.69 Å². The van der Waals surface area contributed by atoms with E-state index in [0.29, 0.717) is 37.4 Å². The second-order valence-electron chi connectivity index (χ2n) is 7.45. The van der Waals surface area contributed by atoms with Gasteiger partial charge in [-0.2, -0.15) is 13.2 Å². The van der Waals surface area contributed by atoms with Crippen LogP contribution in [0.25, 0.3) is 0 Å². The van der Waals surface area contributed by atoms with E-state index < -0.39 is 27.6 Å². The Kier molecular flexibility index (Phi) is 6.21. The van der Waals surface area contributed by atoms with Crippen LogP contribution in [0.4, 0.5) is 18.9 Å². The van der Waals surface area contributed by atoms with Gasteiger partial charge >= 0.3 is 12.1 Å². The fourth-order valence-corrected chi connectivity index (χ4v) is 5.30. The molecule has 2 aromatic rings. The topological polar surface area (TPSA) is 121 Å². The smallest absolute Gasteiger partial charge is 0.475 e. The van der Waals surface area contributed by atoms with Gasteiger partial charge in [0, 0.05) is 31.2 Å². The summed E-state index contributed by atoms with van der Waals surface area (Å²) in [6.07, 6.45) is -1.50. The Hall–Kier alpha value is -2.74. The second kappa shape index (κ2) is 8.31. The SMILES string of the molecule is Cc1nc(C(=O)N2CCC3(C2)CN(S(C)(=O)=O)c2cccnc23)cs1.O=C(O)C(F)(F)F. The molecule has 4 heterocycles. The Bertz CT molecular complexity index is 1150. The van der Waals surface area contributed by atoms with Crippen LogP contribution in [0.5, 0.6) is 0 Å². The molecule has 1 atom stereocenters. The average Bonchev–Trinajstić information content (AvgIpc) is 3.40. The highest BCUT2D eigenvalue weighted by Gasteiger charge is 2.51. The molecule has 1 spiro atoms. The van der Waals surface area contributed by atoms with Crippen molar-refractivity contribution in [3.05, 3.63) is 40.1 Å². The number of carboxylic acid groups (broad SMARTS) is 1. The van der Waals surface area contributed by atoms with Crippen molar-refractivity contribution in [1.29, 1.82) is 0 Å². The number of carbonyl (C=O) groups is 2. The molecule has 1 amide bonds. The Labute approximate surface area is 185 Å². The van der Waals surface area contributed by atoms with Crippen LogP contribution in [0.2, 0.25) is 0 Å². The van der Waals surface area contributed by atoms with E-state index in [9.17, 15) is 26.4 Å². The minimum absolute atomic E-state index is 0.100. The summed E-state index contributed by atoms with van der Waals surface area (Å²) in [6.45, 7) is 3.23. The van der Waals surface area contributed by atoms with Crippen LogP contribution >= 0.6 is 11.3 Å². The van der Waals surface area contributed by atoms with Crippen LogP contribution in [0.15, 0.2) is 23.7 Å². The van der Waals surface area contributed by atoms with E-state index in [-0.39, 0.29) is 5.91 Å². The second-order valence-corrected chi connectivity index (χ2v) is 10.4. The first-order chi connectivity index (χ1) is 14.7. The number of aryl methyl sites for hydroxylation is 1. The molecule has 1 fully saturated rings. The molecule has 2 aromatic heterocycles. The molecule has 9 nitrogen and oxygen atoms in total. The van der Waals surface area contributed by atoms with Crippen molar-refractivity contribution in [2.45, 2.75) is 24.9 Å². The minimum Gasteiger partial charge on any atom is -0.475 e. The van der Waals surface area contributed by atoms with Gasteiger partial charge in [0.05, 0.1) is 28.1 Å². The molecule has 1 unspecified atom stereocenters. The van der Waals surface area contributed by atoms with E-state index in [1.54, 1.807) is 28.6 Å². The molecule has 14 heteroatoms. The van der Waals surface area contributed by atoms with Crippen molar-refractivity contribution in [1.82, 2.24) is 14.9 Å². The summed E-state index contributed by atoms with van der Waals surface area (Å²) in [5, 5.41) is 9.75. The lowest BCUT2D eigenvalue weighted by Gasteiger charge is -2.24. The summed E-state index contributed by atoms with van der Waals surface area (Å²) in [4.78, 5) is 32.1. The van der Waals surface area contributed by atoms with Crippen LogP contribution in [0.1, 0.15) is 27.6 Å². The van der Waals surface area contributed by atoms with E-state index in [1.807, 2.05) is 6.92 Å². The van der Waals surface area contributed by atoms with Gasteiger partial charge < -0.3 is 10.0 Å². The maximum absolute atomic E-state index is 12.7. The highest BCUT2D eigenvalue weighted by atomic mass is 32.2. The molecule has 0 aliphatic carbocycles. The number of hydrogen-bond donors (Lipinski definition) is 1. The van der Waals surface area contributed by atoms with Gasteiger partial charge in [-0.05, 0) is 25.5 Å².